The number of aliphatic hydroxyl groups excluding tert-OH is 1. The fourth-order valence-corrected chi connectivity index (χ4v) is 2.71. The van der Waals surface area contributed by atoms with Gasteiger partial charge in [0.15, 0.2) is 0 Å². The van der Waals surface area contributed by atoms with E-state index in [0.717, 1.165) is 5.56 Å². The second-order valence-electron chi connectivity index (χ2n) is 5.96. The predicted octanol–water partition coefficient (Wildman–Crippen LogP) is 2.93. The number of rotatable bonds is 6. The third-order valence-corrected chi connectivity index (χ3v) is 4.14. The maximum atomic E-state index is 13.0. The van der Waals surface area contributed by atoms with Gasteiger partial charge < -0.3 is 16.2 Å². The summed E-state index contributed by atoms with van der Waals surface area (Å²) in [5.74, 6) is -2.51. The molecule has 1 fully saturated rings. The molecule has 4 N–H and O–H groups in total. The molecule has 1 saturated carbocycles. The van der Waals surface area contributed by atoms with Gasteiger partial charge in [0.25, 0.3) is 0 Å². The Kier molecular flexibility index (Phi) is 10.2. The summed E-state index contributed by atoms with van der Waals surface area (Å²) >= 11 is 0. The highest BCUT2D eigenvalue weighted by molar-refractivity contribution is 5.85. The minimum Gasteiger partial charge on any atom is -0.390 e. The first kappa shape index (κ1) is 22.5. The maximum absolute atomic E-state index is 13.0. The van der Waals surface area contributed by atoms with E-state index in [0.29, 0.717) is 25.8 Å². The van der Waals surface area contributed by atoms with E-state index in [1.54, 1.807) is 0 Å². The Balaban J connectivity index is 0.00000242. The molecule has 0 aliphatic heterocycles. The molecule has 1 aromatic rings. The first-order valence-corrected chi connectivity index (χ1v) is 7.55. The molecule has 1 aliphatic rings. The van der Waals surface area contributed by atoms with Crippen molar-refractivity contribution < 1.29 is 13.9 Å². The van der Waals surface area contributed by atoms with Gasteiger partial charge in [-0.15, -0.1) is 24.8 Å². The summed E-state index contributed by atoms with van der Waals surface area (Å²) in [6.45, 7) is 0.351. The summed E-state index contributed by atoms with van der Waals surface area (Å²) in [5.41, 5.74) is 7.08. The van der Waals surface area contributed by atoms with Gasteiger partial charge >= 0.3 is 0 Å². The van der Waals surface area contributed by atoms with Gasteiger partial charge in [-0.25, -0.2) is 8.78 Å². The summed E-state index contributed by atoms with van der Waals surface area (Å²) in [7, 11) is 0. The number of nitrogens with two attached hydrogens (primary N) is 1. The highest BCUT2D eigenvalue weighted by atomic mass is 35.5. The molecule has 0 bridgehead atoms. The smallest absolute Gasteiger partial charge is 0.248 e. The second-order valence-corrected chi connectivity index (χ2v) is 5.96. The molecule has 7 heteroatoms. The third kappa shape index (κ3) is 7.77. The highest BCUT2D eigenvalue weighted by Gasteiger charge is 2.34. The minimum absolute atomic E-state index is 0. The zero-order chi connectivity index (χ0) is 15.3. The Morgan fingerprint density at radius 1 is 1.17 bits per heavy atom. The van der Waals surface area contributed by atoms with Crippen LogP contribution in [0.5, 0.6) is 0 Å². The Hall–Kier alpha value is -0.460. The van der Waals surface area contributed by atoms with Crippen molar-refractivity contribution >= 4 is 24.8 Å². The van der Waals surface area contributed by atoms with Gasteiger partial charge in [-0.1, -0.05) is 30.3 Å². The molecule has 0 spiro atoms. The Morgan fingerprint density at radius 3 is 2.30 bits per heavy atom. The van der Waals surface area contributed by atoms with Gasteiger partial charge in [0, 0.05) is 31.5 Å². The molecule has 0 heterocycles. The van der Waals surface area contributed by atoms with Crippen LogP contribution in [0.1, 0.15) is 31.2 Å². The molecule has 0 aromatic heterocycles. The van der Waals surface area contributed by atoms with Crippen LogP contribution in [0.3, 0.4) is 0 Å². The molecule has 2 atom stereocenters. The van der Waals surface area contributed by atoms with E-state index in [2.05, 4.69) is 5.32 Å². The standard InChI is InChI=1S/C16H24F2N2O.2ClH/c17-16(18)8-6-13(7-9-16)20-11-15(21)14(19)10-12-4-2-1-3-5-12;;/h1-5,13-15,20-21H,6-11,19H2;2*1H/t14-,15+;;/m0../s1. The molecule has 2 rings (SSSR count). The zero-order valence-electron chi connectivity index (χ0n) is 13.0. The van der Waals surface area contributed by atoms with Gasteiger partial charge in [-0.2, -0.15) is 0 Å². The zero-order valence-corrected chi connectivity index (χ0v) is 14.6. The normalized spacial score (nSPS) is 20.0. The van der Waals surface area contributed by atoms with E-state index in [4.69, 9.17) is 5.73 Å². The monoisotopic (exact) mass is 370 g/mol. The number of alkyl halides is 2. The second kappa shape index (κ2) is 10.4. The molecule has 0 saturated heterocycles. The quantitative estimate of drug-likeness (QED) is 0.721. The topological polar surface area (TPSA) is 58.3 Å². The van der Waals surface area contributed by atoms with E-state index < -0.39 is 12.0 Å². The van der Waals surface area contributed by atoms with Crippen molar-refractivity contribution in [3.8, 4) is 0 Å². The van der Waals surface area contributed by atoms with Crippen LogP contribution in [0.15, 0.2) is 30.3 Å². The summed E-state index contributed by atoms with van der Waals surface area (Å²) in [5, 5.41) is 13.2. The van der Waals surface area contributed by atoms with Crippen molar-refractivity contribution in [2.75, 3.05) is 6.54 Å². The van der Waals surface area contributed by atoms with Crippen molar-refractivity contribution in [1.29, 1.82) is 0 Å². The van der Waals surface area contributed by atoms with Crippen LogP contribution in [0.2, 0.25) is 0 Å². The minimum atomic E-state index is -2.51. The maximum Gasteiger partial charge on any atom is 0.248 e. The molecule has 1 aliphatic carbocycles. The predicted molar refractivity (Wildman–Crippen MR) is 93.8 cm³/mol. The fraction of sp³-hybridized carbons (Fsp3) is 0.625. The third-order valence-electron chi connectivity index (χ3n) is 4.14. The fourth-order valence-electron chi connectivity index (χ4n) is 2.71. The molecule has 1 aromatic carbocycles. The van der Waals surface area contributed by atoms with E-state index >= 15 is 0 Å². The molecule has 0 radical (unpaired) electrons. The van der Waals surface area contributed by atoms with Crippen LogP contribution in [0.4, 0.5) is 8.78 Å². The number of nitrogens with one attached hydrogen (secondary N) is 1. The lowest BCUT2D eigenvalue weighted by atomic mass is 9.92. The first-order chi connectivity index (χ1) is 9.96. The van der Waals surface area contributed by atoms with Gasteiger partial charge in [-0.3, -0.25) is 0 Å². The molecular formula is C16H26Cl2F2N2O. The van der Waals surface area contributed by atoms with Crippen molar-refractivity contribution in [2.45, 2.75) is 56.2 Å². The Morgan fingerprint density at radius 2 is 1.74 bits per heavy atom. The van der Waals surface area contributed by atoms with Gasteiger partial charge in [-0.05, 0) is 24.8 Å². The number of aliphatic hydroxyl groups is 1. The first-order valence-electron chi connectivity index (χ1n) is 7.55. The van der Waals surface area contributed by atoms with Crippen LogP contribution in [0.25, 0.3) is 0 Å². The van der Waals surface area contributed by atoms with E-state index in [1.165, 1.54) is 0 Å². The van der Waals surface area contributed by atoms with Crippen LogP contribution < -0.4 is 11.1 Å². The van der Waals surface area contributed by atoms with Gasteiger partial charge in [0.05, 0.1) is 6.10 Å². The SMILES string of the molecule is Cl.Cl.N[C@@H](Cc1ccccc1)[C@H](O)CNC1CCC(F)(F)CC1. The van der Waals surface area contributed by atoms with E-state index in [-0.39, 0.29) is 49.7 Å². The molecule has 3 nitrogen and oxygen atoms in total. The van der Waals surface area contributed by atoms with Crippen molar-refractivity contribution in [2.24, 2.45) is 5.73 Å². The summed E-state index contributed by atoms with van der Waals surface area (Å²) in [6, 6.07) is 9.47. The largest absolute Gasteiger partial charge is 0.390 e. The average Bonchev–Trinajstić information content (AvgIpc) is 2.47. The van der Waals surface area contributed by atoms with Gasteiger partial charge in [0.2, 0.25) is 5.92 Å². The lowest BCUT2D eigenvalue weighted by molar-refractivity contribution is -0.0411. The molecule has 0 unspecified atom stereocenters. The van der Waals surface area contributed by atoms with Crippen LogP contribution in [-0.2, 0) is 6.42 Å². The van der Waals surface area contributed by atoms with Crippen LogP contribution in [0, 0.1) is 0 Å². The summed E-state index contributed by atoms with van der Waals surface area (Å²) < 4.78 is 26.1. The lowest BCUT2D eigenvalue weighted by Crippen LogP contribution is -2.47. The lowest BCUT2D eigenvalue weighted by Gasteiger charge is -2.30. The molecule has 23 heavy (non-hydrogen) atoms. The van der Waals surface area contributed by atoms with Crippen molar-refractivity contribution in [3.05, 3.63) is 35.9 Å². The Labute approximate surface area is 148 Å². The molecule has 134 valence electrons. The van der Waals surface area contributed by atoms with Crippen molar-refractivity contribution in [3.63, 3.8) is 0 Å². The molecule has 0 amide bonds. The van der Waals surface area contributed by atoms with E-state index in [1.807, 2.05) is 30.3 Å². The van der Waals surface area contributed by atoms with Crippen molar-refractivity contribution in [1.82, 2.24) is 5.32 Å². The Bertz CT molecular complexity index is 427. The van der Waals surface area contributed by atoms with E-state index in [9.17, 15) is 13.9 Å². The summed E-state index contributed by atoms with van der Waals surface area (Å²) in [6.07, 6.45) is 0.689. The number of benzene rings is 1. The highest BCUT2D eigenvalue weighted by Crippen LogP contribution is 2.32. The molecular weight excluding hydrogens is 345 g/mol. The number of hydrogen-bond acceptors (Lipinski definition) is 3. The number of hydrogen-bond donors (Lipinski definition) is 3. The van der Waals surface area contributed by atoms with Gasteiger partial charge in [0.1, 0.15) is 0 Å². The van der Waals surface area contributed by atoms with Crippen LogP contribution >= 0.6 is 24.8 Å². The van der Waals surface area contributed by atoms with Crippen LogP contribution in [-0.4, -0.2) is 35.8 Å². The average molecular weight is 371 g/mol. The summed E-state index contributed by atoms with van der Waals surface area (Å²) in [4.78, 5) is 0. The number of halogens is 4.